The van der Waals surface area contributed by atoms with Crippen LogP contribution in [0.1, 0.15) is 16.7 Å². The maximum atomic E-state index is 5.85. The van der Waals surface area contributed by atoms with E-state index in [0.717, 1.165) is 33.7 Å². The monoisotopic (exact) mass is 262 g/mol. The van der Waals surface area contributed by atoms with Gasteiger partial charge in [-0.05, 0) is 61.2 Å². The summed E-state index contributed by atoms with van der Waals surface area (Å²) in [4.78, 5) is 8.19. The third-order valence-corrected chi connectivity index (χ3v) is 3.33. The number of rotatable bonds is 2. The minimum absolute atomic E-state index is 0.264. The molecule has 0 saturated heterocycles. The summed E-state index contributed by atoms with van der Waals surface area (Å²) < 4.78 is 5.36. The third-order valence-electron chi connectivity index (χ3n) is 3.15. The van der Waals surface area contributed by atoms with Gasteiger partial charge < -0.3 is 4.74 Å². The second kappa shape index (κ2) is 4.94. The van der Waals surface area contributed by atoms with Gasteiger partial charge in [-0.1, -0.05) is 0 Å². The summed E-state index contributed by atoms with van der Waals surface area (Å²) in [5.41, 5.74) is 5.33. The molecule has 4 heteroatoms. The van der Waals surface area contributed by atoms with E-state index in [-0.39, 0.29) is 5.28 Å². The van der Waals surface area contributed by atoms with Gasteiger partial charge in [-0.15, -0.1) is 0 Å². The highest BCUT2D eigenvalue weighted by molar-refractivity contribution is 6.28. The maximum Gasteiger partial charge on any atom is 0.222 e. The van der Waals surface area contributed by atoms with Crippen molar-refractivity contribution in [3.8, 4) is 17.0 Å². The van der Waals surface area contributed by atoms with Crippen LogP contribution in [0.2, 0.25) is 5.28 Å². The van der Waals surface area contributed by atoms with Gasteiger partial charge in [0.2, 0.25) is 5.28 Å². The highest BCUT2D eigenvalue weighted by atomic mass is 35.5. The van der Waals surface area contributed by atoms with E-state index in [4.69, 9.17) is 16.3 Å². The van der Waals surface area contributed by atoms with Gasteiger partial charge in [0, 0.05) is 11.8 Å². The Labute approximate surface area is 112 Å². The average molecular weight is 263 g/mol. The number of hydrogen-bond acceptors (Lipinski definition) is 3. The van der Waals surface area contributed by atoms with Crippen molar-refractivity contribution in [3.63, 3.8) is 0 Å². The van der Waals surface area contributed by atoms with E-state index in [1.54, 1.807) is 13.3 Å². The molecule has 0 atom stereocenters. The molecule has 0 fully saturated rings. The minimum atomic E-state index is 0.264. The Morgan fingerprint density at radius 3 is 2.50 bits per heavy atom. The molecule has 0 radical (unpaired) electrons. The number of nitrogens with zero attached hydrogens (tertiary/aromatic N) is 2. The minimum Gasteiger partial charge on any atom is -0.496 e. The molecule has 94 valence electrons. The largest absolute Gasteiger partial charge is 0.496 e. The van der Waals surface area contributed by atoms with Crippen LogP contribution in [-0.2, 0) is 0 Å². The number of ether oxygens (including phenoxy) is 1. The van der Waals surface area contributed by atoms with Crippen molar-refractivity contribution in [2.75, 3.05) is 7.11 Å². The van der Waals surface area contributed by atoms with Crippen LogP contribution in [0, 0.1) is 20.8 Å². The summed E-state index contributed by atoms with van der Waals surface area (Å²) in [6.07, 6.45) is 1.67. The van der Waals surface area contributed by atoms with E-state index >= 15 is 0 Å². The van der Waals surface area contributed by atoms with E-state index in [1.165, 1.54) is 0 Å². The Balaban J connectivity index is 2.69. The van der Waals surface area contributed by atoms with Crippen molar-refractivity contribution in [2.45, 2.75) is 20.8 Å². The van der Waals surface area contributed by atoms with Crippen molar-refractivity contribution in [1.82, 2.24) is 9.97 Å². The predicted octanol–water partition coefficient (Wildman–Crippen LogP) is 3.73. The molecule has 1 heterocycles. The molecule has 2 aromatic rings. The molecule has 1 aromatic heterocycles. The lowest BCUT2D eigenvalue weighted by atomic mass is 9.95. The van der Waals surface area contributed by atoms with Crippen molar-refractivity contribution in [2.24, 2.45) is 0 Å². The number of halogens is 1. The van der Waals surface area contributed by atoms with Gasteiger partial charge in [0.05, 0.1) is 12.8 Å². The number of benzene rings is 1. The molecule has 0 aliphatic rings. The highest BCUT2D eigenvalue weighted by Crippen LogP contribution is 2.33. The zero-order valence-corrected chi connectivity index (χ0v) is 11.7. The first kappa shape index (κ1) is 12.8. The lowest BCUT2D eigenvalue weighted by Crippen LogP contribution is -1.98. The van der Waals surface area contributed by atoms with E-state index in [0.29, 0.717) is 0 Å². The van der Waals surface area contributed by atoms with Crippen molar-refractivity contribution < 1.29 is 4.74 Å². The molecule has 0 spiro atoms. The van der Waals surface area contributed by atoms with E-state index in [2.05, 4.69) is 16.9 Å². The predicted molar refractivity (Wildman–Crippen MR) is 73.2 cm³/mol. The van der Waals surface area contributed by atoms with Gasteiger partial charge in [0.1, 0.15) is 5.75 Å². The molecule has 0 N–H and O–H groups in total. The topological polar surface area (TPSA) is 35.0 Å². The molecule has 0 unspecified atom stereocenters. The fourth-order valence-corrected chi connectivity index (χ4v) is 2.27. The average Bonchev–Trinajstić information content (AvgIpc) is 2.34. The van der Waals surface area contributed by atoms with Crippen LogP contribution in [0.15, 0.2) is 18.3 Å². The van der Waals surface area contributed by atoms with Crippen LogP contribution >= 0.6 is 11.6 Å². The molecule has 1 aromatic carbocycles. The van der Waals surface area contributed by atoms with Crippen molar-refractivity contribution in [1.29, 1.82) is 0 Å². The molecular formula is C14H15ClN2O. The molecule has 0 aliphatic heterocycles. The maximum absolute atomic E-state index is 5.85. The normalized spacial score (nSPS) is 10.5. The standard InChI is InChI=1S/C14H15ClN2O/c1-8-7-12(18-4)9(2)10(3)13(8)11-5-6-16-14(15)17-11/h5-7H,1-4H3. The lowest BCUT2D eigenvalue weighted by molar-refractivity contribution is 0.411. The van der Waals surface area contributed by atoms with Crippen molar-refractivity contribution >= 4 is 11.6 Å². The van der Waals surface area contributed by atoms with Gasteiger partial charge in [0.25, 0.3) is 0 Å². The summed E-state index contributed by atoms with van der Waals surface area (Å²) in [5.74, 6) is 0.897. The smallest absolute Gasteiger partial charge is 0.222 e. The van der Waals surface area contributed by atoms with Crippen LogP contribution in [0.5, 0.6) is 5.75 Å². The molecule has 0 amide bonds. The summed E-state index contributed by atoms with van der Waals surface area (Å²) in [7, 11) is 1.68. The summed E-state index contributed by atoms with van der Waals surface area (Å²) >= 11 is 5.85. The number of methoxy groups -OCH3 is 1. The Morgan fingerprint density at radius 1 is 1.17 bits per heavy atom. The number of aromatic nitrogens is 2. The lowest BCUT2D eigenvalue weighted by Gasteiger charge is -2.15. The molecule has 3 nitrogen and oxygen atoms in total. The Bertz CT molecular complexity index is 597. The molecule has 18 heavy (non-hydrogen) atoms. The van der Waals surface area contributed by atoms with Crippen LogP contribution in [-0.4, -0.2) is 17.1 Å². The van der Waals surface area contributed by atoms with E-state index < -0.39 is 0 Å². The first-order chi connectivity index (χ1) is 8.54. The summed E-state index contributed by atoms with van der Waals surface area (Å²) in [6, 6.07) is 3.89. The quantitative estimate of drug-likeness (QED) is 0.774. The van der Waals surface area contributed by atoms with Gasteiger partial charge in [-0.2, -0.15) is 0 Å². The zero-order chi connectivity index (χ0) is 13.3. The molecule has 0 aliphatic carbocycles. The second-order valence-corrected chi connectivity index (χ2v) is 4.57. The zero-order valence-electron chi connectivity index (χ0n) is 10.9. The SMILES string of the molecule is COc1cc(C)c(-c2ccnc(Cl)n2)c(C)c1C. The van der Waals surface area contributed by atoms with Gasteiger partial charge in [0.15, 0.2) is 0 Å². The Morgan fingerprint density at radius 2 is 1.89 bits per heavy atom. The Kier molecular flexibility index (Phi) is 3.53. The summed E-state index contributed by atoms with van der Waals surface area (Å²) in [5, 5.41) is 0.264. The number of hydrogen-bond donors (Lipinski definition) is 0. The third kappa shape index (κ3) is 2.18. The molecule has 0 saturated carbocycles. The Hall–Kier alpha value is -1.61. The van der Waals surface area contributed by atoms with Crippen molar-refractivity contribution in [3.05, 3.63) is 40.3 Å². The van der Waals surface area contributed by atoms with Crippen LogP contribution < -0.4 is 4.74 Å². The highest BCUT2D eigenvalue weighted by Gasteiger charge is 2.13. The van der Waals surface area contributed by atoms with Crippen LogP contribution in [0.4, 0.5) is 0 Å². The first-order valence-electron chi connectivity index (χ1n) is 5.68. The summed E-state index contributed by atoms with van der Waals surface area (Å²) in [6.45, 7) is 6.15. The van der Waals surface area contributed by atoms with Crippen LogP contribution in [0.25, 0.3) is 11.3 Å². The van der Waals surface area contributed by atoms with Crippen LogP contribution in [0.3, 0.4) is 0 Å². The van der Waals surface area contributed by atoms with Gasteiger partial charge >= 0.3 is 0 Å². The molecule has 0 bridgehead atoms. The number of aryl methyl sites for hydroxylation is 1. The fourth-order valence-electron chi connectivity index (χ4n) is 2.13. The fraction of sp³-hybridized carbons (Fsp3) is 0.286. The second-order valence-electron chi connectivity index (χ2n) is 4.23. The molecular weight excluding hydrogens is 248 g/mol. The van der Waals surface area contributed by atoms with E-state index in [1.807, 2.05) is 26.0 Å². The van der Waals surface area contributed by atoms with Gasteiger partial charge in [-0.25, -0.2) is 9.97 Å². The first-order valence-corrected chi connectivity index (χ1v) is 6.06. The van der Waals surface area contributed by atoms with E-state index in [9.17, 15) is 0 Å². The van der Waals surface area contributed by atoms with Gasteiger partial charge in [-0.3, -0.25) is 0 Å². The molecule has 2 rings (SSSR count).